The topological polar surface area (TPSA) is 164 Å². The number of rotatable bonds is 13. The first-order valence-electron chi connectivity index (χ1n) is 19.4. The Balaban J connectivity index is 1.21. The smallest absolute Gasteiger partial charge is 0.259 e. The van der Waals surface area contributed by atoms with Gasteiger partial charge in [0.05, 0.1) is 36.0 Å². The van der Waals surface area contributed by atoms with Gasteiger partial charge in [0, 0.05) is 54.9 Å². The highest BCUT2D eigenvalue weighted by molar-refractivity contribution is 7.91. The number of nitrogens with one attached hydrogen (secondary N) is 2. The van der Waals surface area contributed by atoms with Crippen molar-refractivity contribution in [2.75, 3.05) is 26.7 Å². The molecule has 4 fully saturated rings. The van der Waals surface area contributed by atoms with Gasteiger partial charge in [-0.15, -0.1) is 6.58 Å². The molecule has 3 aromatic rings. The third-order valence-corrected chi connectivity index (χ3v) is 13.4. The third-order valence-electron chi connectivity index (χ3n) is 11.6. The minimum atomic E-state index is -3.89. The van der Waals surface area contributed by atoms with Crippen LogP contribution in [0.15, 0.2) is 67.3 Å². The number of likely N-dealkylation sites (tertiary alicyclic amines) is 2. The van der Waals surface area contributed by atoms with E-state index >= 15 is 0 Å². The first-order chi connectivity index (χ1) is 26.6. The van der Waals surface area contributed by atoms with Gasteiger partial charge in [0.2, 0.25) is 27.7 Å². The number of aromatic nitrogens is 1. The number of methoxy groups -OCH3 is 1. The lowest BCUT2D eigenvalue weighted by Gasteiger charge is -2.35. The van der Waals surface area contributed by atoms with Crippen molar-refractivity contribution >= 4 is 44.6 Å². The quantitative estimate of drug-likeness (QED) is 0.236. The summed E-state index contributed by atoms with van der Waals surface area (Å²) in [6, 6.07) is 15.9. The number of carbonyl (C=O) groups excluding carboxylic acids is 4. The third kappa shape index (κ3) is 7.98. The number of ether oxygens (including phenoxy) is 2. The van der Waals surface area contributed by atoms with Gasteiger partial charge in [0.15, 0.2) is 0 Å². The van der Waals surface area contributed by atoms with Gasteiger partial charge in [-0.05, 0) is 49.7 Å². The second kappa shape index (κ2) is 15.2. The lowest BCUT2D eigenvalue weighted by atomic mass is 9.77. The molecule has 1 aromatic heterocycles. The zero-order valence-electron chi connectivity index (χ0n) is 32.5. The molecule has 4 amide bonds. The molecule has 2 saturated carbocycles. The van der Waals surface area contributed by atoms with Gasteiger partial charge in [0.25, 0.3) is 5.91 Å². The Morgan fingerprint density at radius 1 is 1.05 bits per heavy atom. The van der Waals surface area contributed by atoms with E-state index in [-0.39, 0.29) is 37.6 Å². The van der Waals surface area contributed by atoms with Crippen molar-refractivity contribution in [1.29, 1.82) is 0 Å². The Bertz CT molecular complexity index is 2140. The van der Waals surface area contributed by atoms with E-state index < -0.39 is 62.0 Å². The zero-order valence-corrected chi connectivity index (χ0v) is 33.3. The molecule has 2 saturated heterocycles. The number of fused-ring (bicyclic) bond motifs is 1. The van der Waals surface area contributed by atoms with E-state index in [1.54, 1.807) is 12.0 Å². The standard InChI is InChI=1S/C42H51N5O8S/c1-6-27-24-42(27,40(51)45-56(52,53)30-15-16-30)44-38(49)35-21-29(25-47(35)39(50)32(41(2,3)4)22-37(48)46-18-10-11-19-46)55-36-23-33(26-12-8-7-9-13-26)43-34-20-28(54-5)14-17-31(34)36/h6-9,12-14,17,20,23,27,29-30,32,35H,1,10-11,15-16,18-19,21-22,24-25H2,2-5H3,(H,44,49)(H,45,51)/t27-,29-,32-,35+,42-/m1/s1. The Labute approximate surface area is 328 Å². The molecule has 13 nitrogen and oxygen atoms in total. The molecule has 5 atom stereocenters. The van der Waals surface area contributed by atoms with E-state index in [4.69, 9.17) is 14.5 Å². The maximum Gasteiger partial charge on any atom is 0.259 e. The van der Waals surface area contributed by atoms with Crippen molar-refractivity contribution in [3.05, 3.63) is 67.3 Å². The summed E-state index contributed by atoms with van der Waals surface area (Å²) < 4.78 is 40.0. The Kier molecular flexibility index (Phi) is 10.6. The van der Waals surface area contributed by atoms with E-state index in [9.17, 15) is 27.6 Å². The molecule has 298 valence electrons. The van der Waals surface area contributed by atoms with Crippen molar-refractivity contribution in [2.24, 2.45) is 17.3 Å². The molecular weight excluding hydrogens is 735 g/mol. The van der Waals surface area contributed by atoms with Crippen LogP contribution in [-0.2, 0) is 29.2 Å². The molecule has 0 bridgehead atoms. The predicted octanol–water partition coefficient (Wildman–Crippen LogP) is 4.60. The highest BCUT2D eigenvalue weighted by Crippen LogP contribution is 2.46. The molecule has 2 aromatic carbocycles. The second-order valence-electron chi connectivity index (χ2n) is 16.6. The van der Waals surface area contributed by atoms with Crippen LogP contribution in [0.5, 0.6) is 11.5 Å². The molecule has 3 heterocycles. The van der Waals surface area contributed by atoms with Gasteiger partial charge in [-0.3, -0.25) is 23.9 Å². The molecular formula is C42H51N5O8S. The minimum absolute atomic E-state index is 0.0140. The Morgan fingerprint density at radius 3 is 2.39 bits per heavy atom. The van der Waals surface area contributed by atoms with Crippen LogP contribution < -0.4 is 19.5 Å². The summed E-state index contributed by atoms with van der Waals surface area (Å²) in [5, 5.41) is 2.94. The maximum absolute atomic E-state index is 14.8. The van der Waals surface area contributed by atoms with Gasteiger partial charge < -0.3 is 24.6 Å². The van der Waals surface area contributed by atoms with E-state index in [1.807, 2.05) is 75.4 Å². The van der Waals surface area contributed by atoms with Gasteiger partial charge >= 0.3 is 0 Å². The van der Waals surface area contributed by atoms with Crippen LogP contribution in [0.1, 0.15) is 65.7 Å². The van der Waals surface area contributed by atoms with E-state index in [1.165, 1.54) is 11.0 Å². The average molecular weight is 786 g/mol. The van der Waals surface area contributed by atoms with Crippen LogP contribution in [0, 0.1) is 17.3 Å². The van der Waals surface area contributed by atoms with Crippen LogP contribution in [-0.4, -0.2) is 96.5 Å². The normalized spacial score (nSPS) is 24.0. The van der Waals surface area contributed by atoms with Crippen molar-refractivity contribution < 1.29 is 37.1 Å². The van der Waals surface area contributed by atoms with Crippen LogP contribution >= 0.6 is 0 Å². The first kappa shape index (κ1) is 39.3. The van der Waals surface area contributed by atoms with Crippen LogP contribution in [0.3, 0.4) is 0 Å². The summed E-state index contributed by atoms with van der Waals surface area (Å²) in [6.07, 6.45) is 3.85. The number of hydrogen-bond acceptors (Lipinski definition) is 9. The van der Waals surface area contributed by atoms with Gasteiger partial charge in [-0.1, -0.05) is 57.2 Å². The number of sulfonamides is 1. The summed E-state index contributed by atoms with van der Waals surface area (Å²) >= 11 is 0. The molecule has 56 heavy (non-hydrogen) atoms. The summed E-state index contributed by atoms with van der Waals surface area (Å²) in [7, 11) is -2.31. The summed E-state index contributed by atoms with van der Waals surface area (Å²) in [5.41, 5.74) is -0.0125. The van der Waals surface area contributed by atoms with Gasteiger partial charge in [-0.25, -0.2) is 13.4 Å². The zero-order chi connectivity index (χ0) is 40.0. The van der Waals surface area contributed by atoms with Crippen LogP contribution in [0.25, 0.3) is 22.2 Å². The van der Waals surface area contributed by atoms with Crippen LogP contribution in [0.2, 0.25) is 0 Å². The summed E-state index contributed by atoms with van der Waals surface area (Å²) in [6.45, 7) is 10.9. The molecule has 2 aliphatic carbocycles. The average Bonchev–Trinajstić information content (AvgIpc) is 4.04. The number of carbonyl (C=O) groups is 4. The first-order valence-corrected chi connectivity index (χ1v) is 21.0. The molecule has 0 spiro atoms. The number of nitrogens with zero attached hydrogens (tertiary/aromatic N) is 3. The lowest BCUT2D eigenvalue weighted by Crippen LogP contribution is -2.57. The van der Waals surface area contributed by atoms with E-state index in [0.717, 1.165) is 18.4 Å². The van der Waals surface area contributed by atoms with Crippen molar-refractivity contribution in [3.8, 4) is 22.8 Å². The molecule has 7 rings (SSSR count). The second-order valence-corrected chi connectivity index (χ2v) is 18.6. The predicted molar refractivity (Wildman–Crippen MR) is 211 cm³/mol. The largest absolute Gasteiger partial charge is 0.497 e. The molecule has 4 aliphatic rings. The summed E-state index contributed by atoms with van der Waals surface area (Å²) in [5.74, 6) is -2.04. The molecule has 0 radical (unpaired) electrons. The number of hydrogen-bond donors (Lipinski definition) is 2. The monoisotopic (exact) mass is 785 g/mol. The minimum Gasteiger partial charge on any atom is -0.497 e. The fourth-order valence-electron chi connectivity index (χ4n) is 7.97. The number of benzene rings is 2. The fraction of sp³-hybridized carbons (Fsp3) is 0.500. The molecule has 14 heteroatoms. The fourth-order valence-corrected chi connectivity index (χ4v) is 9.33. The van der Waals surface area contributed by atoms with Gasteiger partial charge in [0.1, 0.15) is 29.2 Å². The SMILES string of the molecule is C=C[C@@H]1C[C@]1(NC(=O)[C@@H]1C[C@@H](Oc2cc(-c3ccccc3)nc3cc(OC)ccc23)CN1C(=O)[C@@H](CC(=O)N1CCCC1)C(C)(C)C)C(=O)NS(=O)(=O)C1CC1. The highest BCUT2D eigenvalue weighted by atomic mass is 32.2. The van der Waals surface area contributed by atoms with Crippen molar-refractivity contribution in [2.45, 2.75) is 88.7 Å². The van der Waals surface area contributed by atoms with Crippen LogP contribution in [0.4, 0.5) is 0 Å². The summed E-state index contributed by atoms with van der Waals surface area (Å²) in [4.78, 5) is 64.6. The van der Waals surface area contributed by atoms with Gasteiger partial charge in [-0.2, -0.15) is 0 Å². The lowest BCUT2D eigenvalue weighted by molar-refractivity contribution is -0.148. The van der Waals surface area contributed by atoms with Crippen molar-refractivity contribution in [1.82, 2.24) is 24.8 Å². The van der Waals surface area contributed by atoms with E-state index in [0.29, 0.717) is 54.0 Å². The maximum atomic E-state index is 14.8. The number of amides is 4. The Hall–Kier alpha value is -4.98. The van der Waals surface area contributed by atoms with E-state index in [2.05, 4.69) is 16.6 Å². The Morgan fingerprint density at radius 2 is 1.77 bits per heavy atom. The highest BCUT2D eigenvalue weighted by Gasteiger charge is 2.62. The molecule has 2 aliphatic heterocycles. The number of pyridine rings is 1. The van der Waals surface area contributed by atoms with Crippen molar-refractivity contribution in [3.63, 3.8) is 0 Å². The molecule has 0 unspecified atom stereocenters. The molecule has 2 N–H and O–H groups in total.